The highest BCUT2D eigenvalue weighted by molar-refractivity contribution is 7.12. The highest BCUT2D eigenvalue weighted by Gasteiger charge is 2.23. The lowest BCUT2D eigenvalue weighted by atomic mass is 10.1. The maximum absolute atomic E-state index is 12.3. The van der Waals surface area contributed by atoms with Gasteiger partial charge in [0.25, 0.3) is 5.91 Å². The maximum atomic E-state index is 12.3. The molecular formula is C17H18N4O3S. The molecule has 0 spiro atoms. The van der Waals surface area contributed by atoms with Crippen molar-refractivity contribution in [3.05, 3.63) is 46.2 Å². The van der Waals surface area contributed by atoms with Crippen molar-refractivity contribution in [1.29, 1.82) is 0 Å². The van der Waals surface area contributed by atoms with Crippen LogP contribution in [-0.4, -0.2) is 34.1 Å². The zero-order chi connectivity index (χ0) is 17.2. The number of furan rings is 1. The van der Waals surface area contributed by atoms with Crippen LogP contribution in [0.5, 0.6) is 0 Å². The van der Waals surface area contributed by atoms with Crippen molar-refractivity contribution in [1.82, 2.24) is 20.3 Å². The van der Waals surface area contributed by atoms with Gasteiger partial charge in [0.15, 0.2) is 0 Å². The fourth-order valence-corrected chi connectivity index (χ4v) is 3.75. The molecule has 4 rings (SSSR count). The fourth-order valence-electron chi connectivity index (χ4n) is 2.91. The zero-order valence-electron chi connectivity index (χ0n) is 13.8. The fraction of sp³-hybridized carbons (Fsp3) is 0.353. The molecule has 8 heteroatoms. The number of hydrogen-bond donors (Lipinski definition) is 1. The van der Waals surface area contributed by atoms with Crippen molar-refractivity contribution in [2.45, 2.75) is 20.1 Å². The highest BCUT2D eigenvalue weighted by atomic mass is 32.1. The molecule has 0 fully saturated rings. The van der Waals surface area contributed by atoms with Crippen molar-refractivity contribution in [2.75, 3.05) is 13.2 Å². The number of nitrogens with one attached hydrogen (secondary N) is 1. The van der Waals surface area contributed by atoms with Crippen LogP contribution in [0.3, 0.4) is 0 Å². The molecular weight excluding hydrogens is 340 g/mol. The van der Waals surface area contributed by atoms with Crippen LogP contribution in [-0.2, 0) is 17.9 Å². The smallest absolute Gasteiger partial charge is 0.261 e. The van der Waals surface area contributed by atoms with Gasteiger partial charge >= 0.3 is 0 Å². The van der Waals surface area contributed by atoms with Crippen LogP contribution in [0.25, 0.3) is 11.3 Å². The minimum Gasteiger partial charge on any atom is -0.472 e. The molecule has 0 bridgehead atoms. The SMILES string of the molecule is Cc1ccsc1C(=O)NCC1COCc2c(-c3ccoc3)nnn2C1. The lowest BCUT2D eigenvalue weighted by molar-refractivity contribution is 0.0854. The third-order valence-corrected chi connectivity index (χ3v) is 5.29. The van der Waals surface area contributed by atoms with Crippen LogP contribution >= 0.6 is 11.3 Å². The molecule has 3 aromatic rings. The Balaban J connectivity index is 1.44. The summed E-state index contributed by atoms with van der Waals surface area (Å²) in [7, 11) is 0. The van der Waals surface area contributed by atoms with E-state index in [0.29, 0.717) is 26.3 Å². The Morgan fingerprint density at radius 1 is 1.48 bits per heavy atom. The van der Waals surface area contributed by atoms with Crippen LogP contribution in [0.2, 0.25) is 0 Å². The molecule has 1 atom stereocenters. The number of carbonyl (C=O) groups excluding carboxylic acids is 1. The predicted octanol–water partition coefficient (Wildman–Crippen LogP) is 2.48. The average Bonchev–Trinajstić information content (AvgIpc) is 3.32. The number of nitrogens with zero attached hydrogens (tertiary/aromatic N) is 3. The molecule has 25 heavy (non-hydrogen) atoms. The number of carbonyl (C=O) groups is 1. The average molecular weight is 358 g/mol. The minimum atomic E-state index is -0.0327. The van der Waals surface area contributed by atoms with E-state index in [4.69, 9.17) is 9.15 Å². The van der Waals surface area contributed by atoms with Gasteiger partial charge in [-0.15, -0.1) is 16.4 Å². The molecule has 1 amide bonds. The summed E-state index contributed by atoms with van der Waals surface area (Å²) in [6, 6.07) is 3.81. The van der Waals surface area contributed by atoms with Gasteiger partial charge in [-0.05, 0) is 30.0 Å². The highest BCUT2D eigenvalue weighted by Crippen LogP contribution is 2.24. The van der Waals surface area contributed by atoms with E-state index in [2.05, 4.69) is 15.6 Å². The van der Waals surface area contributed by atoms with E-state index in [1.807, 2.05) is 29.1 Å². The number of aryl methyl sites for hydroxylation is 1. The van der Waals surface area contributed by atoms with E-state index in [9.17, 15) is 4.79 Å². The Labute approximate surface area is 148 Å². The van der Waals surface area contributed by atoms with Gasteiger partial charge in [0, 0.05) is 24.6 Å². The Kier molecular flexibility index (Phi) is 4.37. The standard InChI is InChI=1S/C17H18N4O3S/c1-11-3-5-25-16(11)17(22)18-6-12-7-21-14(10-24-8-12)15(19-20-21)13-2-4-23-9-13/h2-5,9,12H,6-8,10H2,1H3,(H,18,22). The van der Waals surface area contributed by atoms with Gasteiger partial charge < -0.3 is 14.5 Å². The summed E-state index contributed by atoms with van der Waals surface area (Å²) in [5.74, 6) is 0.110. The van der Waals surface area contributed by atoms with Crippen LogP contribution < -0.4 is 5.32 Å². The summed E-state index contributed by atoms with van der Waals surface area (Å²) >= 11 is 1.46. The second kappa shape index (κ2) is 6.81. The Morgan fingerprint density at radius 3 is 3.16 bits per heavy atom. The van der Waals surface area contributed by atoms with Crippen molar-refractivity contribution in [2.24, 2.45) is 5.92 Å². The molecule has 0 saturated heterocycles. The second-order valence-corrected chi connectivity index (χ2v) is 7.02. The molecule has 0 aliphatic carbocycles. The van der Waals surface area contributed by atoms with Gasteiger partial charge in [0.2, 0.25) is 0 Å². The van der Waals surface area contributed by atoms with Crippen molar-refractivity contribution < 1.29 is 13.9 Å². The number of hydrogen-bond acceptors (Lipinski definition) is 6. The zero-order valence-corrected chi connectivity index (χ0v) is 14.6. The molecule has 0 radical (unpaired) electrons. The maximum Gasteiger partial charge on any atom is 0.261 e. The number of thiophene rings is 1. The lowest BCUT2D eigenvalue weighted by Crippen LogP contribution is -2.32. The second-order valence-electron chi connectivity index (χ2n) is 6.10. The summed E-state index contributed by atoms with van der Waals surface area (Å²) in [6.45, 7) is 4.15. The summed E-state index contributed by atoms with van der Waals surface area (Å²) in [5.41, 5.74) is 3.62. The Morgan fingerprint density at radius 2 is 2.40 bits per heavy atom. The Hall–Kier alpha value is -2.45. The third kappa shape index (κ3) is 3.22. The van der Waals surface area contributed by atoms with E-state index in [0.717, 1.165) is 27.4 Å². The predicted molar refractivity (Wildman–Crippen MR) is 92.3 cm³/mol. The number of ether oxygens (including phenoxy) is 1. The topological polar surface area (TPSA) is 82.2 Å². The van der Waals surface area contributed by atoms with Crippen molar-refractivity contribution in [3.63, 3.8) is 0 Å². The number of amides is 1. The van der Waals surface area contributed by atoms with E-state index in [-0.39, 0.29) is 11.8 Å². The summed E-state index contributed by atoms with van der Waals surface area (Å²) < 4.78 is 12.8. The van der Waals surface area contributed by atoms with Crippen LogP contribution in [0.1, 0.15) is 20.9 Å². The van der Waals surface area contributed by atoms with Crippen molar-refractivity contribution in [3.8, 4) is 11.3 Å². The summed E-state index contributed by atoms with van der Waals surface area (Å²) in [4.78, 5) is 13.0. The van der Waals surface area contributed by atoms with Gasteiger partial charge in [-0.25, -0.2) is 4.68 Å². The molecule has 3 aromatic heterocycles. The Bertz CT molecular complexity index is 868. The monoisotopic (exact) mass is 358 g/mol. The largest absolute Gasteiger partial charge is 0.472 e. The van der Waals surface area contributed by atoms with Gasteiger partial charge in [0.1, 0.15) is 5.69 Å². The third-order valence-electron chi connectivity index (χ3n) is 4.28. The van der Waals surface area contributed by atoms with Crippen LogP contribution in [0, 0.1) is 12.8 Å². The number of aromatic nitrogens is 3. The van der Waals surface area contributed by atoms with Crippen molar-refractivity contribution >= 4 is 17.2 Å². The van der Waals surface area contributed by atoms with Gasteiger partial charge in [-0.1, -0.05) is 5.21 Å². The molecule has 1 N–H and O–H groups in total. The van der Waals surface area contributed by atoms with Gasteiger partial charge in [-0.2, -0.15) is 0 Å². The quantitative estimate of drug-likeness (QED) is 0.775. The number of rotatable bonds is 4. The minimum absolute atomic E-state index is 0.0327. The van der Waals surface area contributed by atoms with E-state index >= 15 is 0 Å². The van der Waals surface area contributed by atoms with E-state index in [1.165, 1.54) is 11.3 Å². The molecule has 4 heterocycles. The van der Waals surface area contributed by atoms with Gasteiger partial charge in [0.05, 0.1) is 36.3 Å². The molecule has 1 aliphatic heterocycles. The first-order chi connectivity index (χ1) is 12.2. The molecule has 7 nitrogen and oxygen atoms in total. The first kappa shape index (κ1) is 16.0. The molecule has 130 valence electrons. The van der Waals surface area contributed by atoms with Gasteiger partial charge in [-0.3, -0.25) is 4.79 Å². The molecule has 0 aromatic carbocycles. The van der Waals surface area contributed by atoms with Crippen LogP contribution in [0.4, 0.5) is 0 Å². The lowest BCUT2D eigenvalue weighted by Gasteiger charge is -2.14. The summed E-state index contributed by atoms with van der Waals surface area (Å²) in [5, 5.41) is 13.4. The molecule has 0 saturated carbocycles. The van der Waals surface area contributed by atoms with E-state index < -0.39 is 0 Å². The van der Waals surface area contributed by atoms with E-state index in [1.54, 1.807) is 12.5 Å². The molecule has 1 aliphatic rings. The molecule has 1 unspecified atom stereocenters. The number of fused-ring (bicyclic) bond motifs is 1. The summed E-state index contributed by atoms with van der Waals surface area (Å²) in [6.07, 6.45) is 3.26. The normalized spacial score (nSPS) is 17.1. The first-order valence-electron chi connectivity index (χ1n) is 8.07. The first-order valence-corrected chi connectivity index (χ1v) is 8.95. The van der Waals surface area contributed by atoms with Crippen LogP contribution in [0.15, 0.2) is 34.5 Å².